The molecule has 0 aromatic heterocycles. The van der Waals surface area contributed by atoms with Gasteiger partial charge in [-0.3, -0.25) is 0 Å². The third kappa shape index (κ3) is 2.80. The van der Waals surface area contributed by atoms with Crippen molar-refractivity contribution in [3.05, 3.63) is 113 Å². The molecule has 0 aliphatic carbocycles. The lowest BCUT2D eigenvalue weighted by Gasteiger charge is -2.43. The summed E-state index contributed by atoms with van der Waals surface area (Å²) in [6.45, 7) is 4.44. The summed E-state index contributed by atoms with van der Waals surface area (Å²) in [4.78, 5) is 2.28. The molecule has 4 aromatic rings. The first-order valence-electron chi connectivity index (χ1n) is 10.6. The number of rotatable bonds is 2. The molecule has 0 saturated heterocycles. The number of hydrogen-bond donors (Lipinski definition) is 0. The second kappa shape index (κ2) is 7.41. The third-order valence-electron chi connectivity index (χ3n) is 6.32. The maximum atomic E-state index is 9.85. The molecule has 0 bridgehead atoms. The molecular weight excluding hydrogens is 390 g/mol. The van der Waals surface area contributed by atoms with Crippen LogP contribution < -0.4 is 4.90 Å². The molecule has 0 radical (unpaired) electrons. The highest BCUT2D eigenvalue weighted by atomic mass is 15.2. The van der Waals surface area contributed by atoms with Gasteiger partial charge in [-0.2, -0.15) is 10.5 Å². The number of fused-ring (bicyclic) bond motifs is 2. The standard InChI is InChI=1S/C29H21N3/c1-29(2)24-15-6-7-16-25(24)32(22-12-4-3-5-13-22)26-17-9-14-23(28(26)29)27-20(18-30)10-8-11-21(27)19-31/h3-17H,1-2H3. The van der Waals surface area contributed by atoms with Gasteiger partial charge in [-0.1, -0.05) is 68.4 Å². The van der Waals surface area contributed by atoms with Crippen molar-refractivity contribution in [2.24, 2.45) is 0 Å². The van der Waals surface area contributed by atoms with Crippen LogP contribution in [0.3, 0.4) is 0 Å². The molecule has 0 fully saturated rings. The summed E-state index contributed by atoms with van der Waals surface area (Å²) in [5.74, 6) is 0. The van der Waals surface area contributed by atoms with E-state index in [0.29, 0.717) is 16.7 Å². The predicted molar refractivity (Wildman–Crippen MR) is 128 cm³/mol. The Kier molecular flexibility index (Phi) is 4.54. The number of anilines is 3. The zero-order valence-corrected chi connectivity index (χ0v) is 18.0. The van der Waals surface area contributed by atoms with Gasteiger partial charge in [-0.05, 0) is 53.1 Å². The van der Waals surface area contributed by atoms with Crippen LogP contribution in [0.25, 0.3) is 11.1 Å². The van der Waals surface area contributed by atoms with Gasteiger partial charge in [0.2, 0.25) is 0 Å². The van der Waals surface area contributed by atoms with E-state index in [1.54, 1.807) is 18.2 Å². The van der Waals surface area contributed by atoms with Crippen LogP contribution in [-0.2, 0) is 5.41 Å². The highest BCUT2D eigenvalue weighted by Gasteiger charge is 2.39. The van der Waals surface area contributed by atoms with Gasteiger partial charge >= 0.3 is 0 Å². The van der Waals surface area contributed by atoms with Crippen molar-refractivity contribution in [1.29, 1.82) is 10.5 Å². The van der Waals surface area contributed by atoms with Crippen molar-refractivity contribution in [3.8, 4) is 23.3 Å². The van der Waals surface area contributed by atoms with E-state index < -0.39 is 0 Å². The minimum atomic E-state index is -0.330. The minimum absolute atomic E-state index is 0.330. The molecule has 5 rings (SSSR count). The van der Waals surface area contributed by atoms with Crippen molar-refractivity contribution >= 4 is 17.1 Å². The SMILES string of the molecule is CC1(C)c2ccccc2N(c2ccccc2)c2cccc(-c3c(C#N)cccc3C#N)c21. The Hall–Kier alpha value is -4.34. The lowest BCUT2D eigenvalue weighted by molar-refractivity contribution is 0.633. The summed E-state index contributed by atoms with van der Waals surface area (Å²) < 4.78 is 0. The van der Waals surface area contributed by atoms with Gasteiger partial charge in [0.25, 0.3) is 0 Å². The van der Waals surface area contributed by atoms with E-state index in [1.165, 1.54) is 5.56 Å². The van der Waals surface area contributed by atoms with Crippen molar-refractivity contribution in [3.63, 3.8) is 0 Å². The van der Waals surface area contributed by atoms with E-state index in [4.69, 9.17) is 0 Å². The number of hydrogen-bond acceptors (Lipinski definition) is 3. The predicted octanol–water partition coefficient (Wildman–Crippen LogP) is 7.21. The van der Waals surface area contributed by atoms with Crippen molar-refractivity contribution < 1.29 is 0 Å². The molecule has 3 heteroatoms. The van der Waals surface area contributed by atoms with Gasteiger partial charge in [0, 0.05) is 16.7 Å². The highest BCUT2D eigenvalue weighted by molar-refractivity contribution is 5.92. The fourth-order valence-corrected chi connectivity index (χ4v) is 4.94. The fourth-order valence-electron chi connectivity index (χ4n) is 4.94. The summed E-state index contributed by atoms with van der Waals surface area (Å²) in [7, 11) is 0. The lowest BCUT2D eigenvalue weighted by Crippen LogP contribution is -2.31. The molecule has 1 aliphatic rings. The summed E-state index contributed by atoms with van der Waals surface area (Å²) in [5, 5.41) is 19.7. The van der Waals surface area contributed by atoms with E-state index in [2.05, 4.69) is 73.4 Å². The Balaban J connectivity index is 1.91. The van der Waals surface area contributed by atoms with Gasteiger partial charge in [-0.15, -0.1) is 0 Å². The summed E-state index contributed by atoms with van der Waals surface area (Å²) in [6.07, 6.45) is 0. The third-order valence-corrected chi connectivity index (χ3v) is 6.32. The minimum Gasteiger partial charge on any atom is -0.310 e. The maximum Gasteiger partial charge on any atom is 0.0998 e. The molecule has 0 spiro atoms. The van der Waals surface area contributed by atoms with Gasteiger partial charge in [0.15, 0.2) is 0 Å². The van der Waals surface area contributed by atoms with Gasteiger partial charge in [-0.25, -0.2) is 0 Å². The van der Waals surface area contributed by atoms with Crippen LogP contribution in [0, 0.1) is 22.7 Å². The Morgan fingerprint density at radius 3 is 1.94 bits per heavy atom. The quantitative estimate of drug-likeness (QED) is 0.350. The first-order valence-corrected chi connectivity index (χ1v) is 10.6. The molecule has 4 aromatic carbocycles. The second-order valence-corrected chi connectivity index (χ2v) is 8.46. The van der Waals surface area contributed by atoms with Crippen LogP contribution >= 0.6 is 0 Å². The van der Waals surface area contributed by atoms with Crippen LogP contribution in [-0.4, -0.2) is 0 Å². The van der Waals surface area contributed by atoms with Crippen molar-refractivity contribution in [2.45, 2.75) is 19.3 Å². The summed E-state index contributed by atoms with van der Waals surface area (Å²) >= 11 is 0. The van der Waals surface area contributed by atoms with Crippen LogP contribution in [0.15, 0.2) is 91.0 Å². The Labute approximate surface area is 188 Å². The monoisotopic (exact) mass is 411 g/mol. The number of benzene rings is 4. The number of para-hydroxylation sites is 2. The molecular formula is C29H21N3. The molecule has 0 saturated carbocycles. The van der Waals surface area contributed by atoms with Crippen LogP contribution in [0.5, 0.6) is 0 Å². The van der Waals surface area contributed by atoms with E-state index >= 15 is 0 Å². The van der Waals surface area contributed by atoms with E-state index in [0.717, 1.165) is 28.2 Å². The molecule has 0 amide bonds. The molecule has 0 unspecified atom stereocenters. The number of nitrogens with zero attached hydrogens (tertiary/aromatic N) is 3. The first-order chi connectivity index (χ1) is 15.6. The highest BCUT2D eigenvalue weighted by Crippen LogP contribution is 2.54. The van der Waals surface area contributed by atoms with E-state index in [1.807, 2.05) is 30.3 Å². The second-order valence-electron chi connectivity index (χ2n) is 8.46. The van der Waals surface area contributed by atoms with E-state index in [-0.39, 0.29) is 5.41 Å². The zero-order chi connectivity index (χ0) is 22.3. The maximum absolute atomic E-state index is 9.85. The largest absolute Gasteiger partial charge is 0.310 e. The molecule has 1 heterocycles. The summed E-state index contributed by atoms with van der Waals surface area (Å²) in [5.41, 5.74) is 7.92. The molecule has 1 aliphatic heterocycles. The molecule has 32 heavy (non-hydrogen) atoms. The molecule has 3 nitrogen and oxygen atoms in total. The molecule has 0 N–H and O–H groups in total. The van der Waals surface area contributed by atoms with Crippen LogP contribution in [0.2, 0.25) is 0 Å². The average Bonchev–Trinajstić information content (AvgIpc) is 2.84. The normalized spacial score (nSPS) is 13.4. The van der Waals surface area contributed by atoms with Crippen LogP contribution in [0.4, 0.5) is 17.1 Å². The van der Waals surface area contributed by atoms with Crippen molar-refractivity contribution in [2.75, 3.05) is 4.90 Å². The zero-order valence-electron chi connectivity index (χ0n) is 18.0. The fraction of sp³-hybridized carbons (Fsp3) is 0.103. The average molecular weight is 412 g/mol. The van der Waals surface area contributed by atoms with E-state index in [9.17, 15) is 10.5 Å². The Morgan fingerprint density at radius 1 is 0.656 bits per heavy atom. The molecule has 0 atom stereocenters. The van der Waals surface area contributed by atoms with Gasteiger partial charge < -0.3 is 4.90 Å². The molecule has 152 valence electrons. The smallest absolute Gasteiger partial charge is 0.0998 e. The van der Waals surface area contributed by atoms with Gasteiger partial charge in [0.1, 0.15) is 0 Å². The van der Waals surface area contributed by atoms with Crippen molar-refractivity contribution in [1.82, 2.24) is 0 Å². The lowest BCUT2D eigenvalue weighted by atomic mass is 9.70. The number of nitriles is 2. The topological polar surface area (TPSA) is 50.8 Å². The van der Waals surface area contributed by atoms with Gasteiger partial charge in [0.05, 0.1) is 34.6 Å². The first kappa shape index (κ1) is 19.6. The van der Waals surface area contributed by atoms with Crippen LogP contribution in [0.1, 0.15) is 36.1 Å². The summed E-state index contributed by atoms with van der Waals surface area (Å²) in [6, 6.07) is 34.9. The Bertz CT molecular complexity index is 1390. The Morgan fingerprint density at radius 2 is 1.25 bits per heavy atom.